The highest BCUT2D eigenvalue weighted by Crippen LogP contribution is 2.41. The lowest BCUT2D eigenvalue weighted by molar-refractivity contribution is -0.119. The van der Waals surface area contributed by atoms with Gasteiger partial charge in [-0.05, 0) is 19.3 Å². The monoisotopic (exact) mass is 216 g/mol. The Balaban J connectivity index is 2.97. The number of ether oxygens (including phenoxy) is 1. The number of alkyl halides is 1. The van der Waals surface area contributed by atoms with Crippen LogP contribution in [0.15, 0.2) is 11.3 Å². The third-order valence-electron chi connectivity index (χ3n) is 2.07. The van der Waals surface area contributed by atoms with Gasteiger partial charge in [0.15, 0.2) is 11.2 Å². The van der Waals surface area contributed by atoms with Crippen LogP contribution in [0, 0.1) is 5.41 Å². The Labute approximate surface area is 90.3 Å². The average Bonchev–Trinajstić information content (AvgIpc) is 1.99. The summed E-state index contributed by atoms with van der Waals surface area (Å²) in [5.74, 6) is 0.675. The first-order valence-electron chi connectivity index (χ1n) is 4.84. The number of carbonyl (C=O) groups is 1. The number of Topliss-reactive ketones (excluding diaryl/α,β-unsaturated/α-hetero) is 1. The van der Waals surface area contributed by atoms with E-state index >= 15 is 0 Å². The quantitative estimate of drug-likeness (QED) is 0.664. The number of halogens is 1. The lowest BCUT2D eigenvalue weighted by Crippen LogP contribution is -2.40. The highest BCUT2D eigenvalue weighted by atomic mass is 35.5. The van der Waals surface area contributed by atoms with E-state index in [1.54, 1.807) is 0 Å². The summed E-state index contributed by atoms with van der Waals surface area (Å²) in [7, 11) is 0. The number of rotatable bonds is 2. The molecule has 0 spiro atoms. The number of carbonyl (C=O) groups excluding carboxylic acids is 1. The molecule has 80 valence electrons. The molecule has 0 N–H and O–H groups in total. The zero-order valence-corrected chi connectivity index (χ0v) is 10.1. The molecule has 0 bridgehead atoms. The van der Waals surface area contributed by atoms with E-state index in [1.165, 1.54) is 0 Å². The second kappa shape index (κ2) is 3.58. The smallest absolute Gasteiger partial charge is 0.188 e. The molecule has 0 fully saturated rings. The van der Waals surface area contributed by atoms with Crippen LogP contribution in [0.25, 0.3) is 0 Å². The van der Waals surface area contributed by atoms with Crippen molar-refractivity contribution in [3.63, 3.8) is 0 Å². The maximum atomic E-state index is 11.5. The molecule has 0 aromatic heterocycles. The third kappa shape index (κ3) is 1.95. The van der Waals surface area contributed by atoms with Crippen LogP contribution in [0.3, 0.4) is 0 Å². The average molecular weight is 217 g/mol. The SMILES string of the molecule is CC(C)OC1=C(C(C)(C)C)C(=O)C1Cl. The minimum absolute atomic E-state index is 0.00909. The summed E-state index contributed by atoms with van der Waals surface area (Å²) in [6, 6.07) is 0. The molecule has 14 heavy (non-hydrogen) atoms. The van der Waals surface area contributed by atoms with Gasteiger partial charge in [-0.15, -0.1) is 11.6 Å². The van der Waals surface area contributed by atoms with Crippen LogP contribution >= 0.6 is 11.6 Å². The maximum absolute atomic E-state index is 11.5. The highest BCUT2D eigenvalue weighted by Gasteiger charge is 2.45. The van der Waals surface area contributed by atoms with Crippen molar-refractivity contribution < 1.29 is 9.53 Å². The van der Waals surface area contributed by atoms with E-state index in [0.29, 0.717) is 5.76 Å². The van der Waals surface area contributed by atoms with Crippen LogP contribution < -0.4 is 0 Å². The molecule has 0 saturated heterocycles. The van der Waals surface area contributed by atoms with Gasteiger partial charge < -0.3 is 4.74 Å². The van der Waals surface area contributed by atoms with Crippen molar-refractivity contribution in [2.45, 2.75) is 46.1 Å². The predicted octanol–water partition coefficient (Wildman–Crippen LogP) is 2.90. The third-order valence-corrected chi connectivity index (χ3v) is 2.46. The second-order valence-electron chi connectivity index (χ2n) is 4.88. The van der Waals surface area contributed by atoms with Crippen molar-refractivity contribution in [2.24, 2.45) is 5.41 Å². The maximum Gasteiger partial charge on any atom is 0.188 e. The molecule has 0 aliphatic heterocycles. The zero-order valence-electron chi connectivity index (χ0n) is 9.35. The van der Waals surface area contributed by atoms with E-state index in [0.717, 1.165) is 5.57 Å². The molecule has 0 aromatic carbocycles. The zero-order chi connectivity index (χ0) is 11.1. The van der Waals surface area contributed by atoms with Gasteiger partial charge in [0.25, 0.3) is 0 Å². The molecular weight excluding hydrogens is 200 g/mol. The topological polar surface area (TPSA) is 26.3 Å². The van der Waals surface area contributed by atoms with Crippen LogP contribution in [-0.4, -0.2) is 17.3 Å². The molecule has 0 saturated carbocycles. The van der Waals surface area contributed by atoms with Gasteiger partial charge in [0.05, 0.1) is 6.10 Å². The fourth-order valence-electron chi connectivity index (χ4n) is 1.53. The van der Waals surface area contributed by atoms with Crippen LogP contribution in [0.1, 0.15) is 34.6 Å². The predicted molar refractivity (Wildman–Crippen MR) is 57.4 cm³/mol. The first kappa shape index (κ1) is 11.6. The lowest BCUT2D eigenvalue weighted by atomic mass is 9.75. The van der Waals surface area contributed by atoms with E-state index < -0.39 is 5.38 Å². The summed E-state index contributed by atoms with van der Waals surface area (Å²) < 4.78 is 5.53. The van der Waals surface area contributed by atoms with Crippen molar-refractivity contribution in [1.29, 1.82) is 0 Å². The van der Waals surface area contributed by atoms with E-state index in [4.69, 9.17) is 16.3 Å². The molecule has 1 unspecified atom stereocenters. The van der Waals surface area contributed by atoms with Gasteiger partial charge in [-0.25, -0.2) is 0 Å². The van der Waals surface area contributed by atoms with Crippen molar-refractivity contribution in [1.82, 2.24) is 0 Å². The van der Waals surface area contributed by atoms with Crippen LogP contribution in [-0.2, 0) is 9.53 Å². The van der Waals surface area contributed by atoms with Crippen molar-refractivity contribution in [3.05, 3.63) is 11.3 Å². The Kier molecular flexibility index (Phi) is 2.96. The Morgan fingerprint density at radius 1 is 1.36 bits per heavy atom. The summed E-state index contributed by atoms with van der Waals surface area (Å²) in [6.07, 6.45) is 0.0664. The Morgan fingerprint density at radius 3 is 2.21 bits per heavy atom. The van der Waals surface area contributed by atoms with Gasteiger partial charge in [-0.2, -0.15) is 0 Å². The number of hydrogen-bond donors (Lipinski definition) is 0. The first-order valence-corrected chi connectivity index (χ1v) is 5.28. The minimum atomic E-state index is -0.563. The molecule has 0 radical (unpaired) electrons. The normalized spacial score (nSPS) is 22.8. The Morgan fingerprint density at radius 2 is 1.86 bits per heavy atom. The minimum Gasteiger partial charge on any atom is -0.493 e. The van der Waals surface area contributed by atoms with Gasteiger partial charge in [-0.3, -0.25) is 4.79 Å². The first-order chi connectivity index (χ1) is 6.25. The fourth-order valence-corrected chi connectivity index (χ4v) is 1.80. The van der Waals surface area contributed by atoms with E-state index in [1.807, 2.05) is 34.6 Å². The highest BCUT2D eigenvalue weighted by molar-refractivity contribution is 6.39. The molecule has 1 rings (SSSR count). The molecule has 3 heteroatoms. The summed E-state index contributed by atoms with van der Waals surface area (Å²) in [5.41, 5.74) is 0.568. The van der Waals surface area contributed by atoms with Crippen LogP contribution in [0.2, 0.25) is 0 Å². The van der Waals surface area contributed by atoms with Crippen LogP contribution in [0.5, 0.6) is 0 Å². The summed E-state index contributed by atoms with van der Waals surface area (Å²) in [5, 5.41) is -0.563. The largest absolute Gasteiger partial charge is 0.493 e. The molecule has 1 aliphatic carbocycles. The summed E-state index contributed by atoms with van der Waals surface area (Å²) >= 11 is 5.88. The Bertz CT molecular complexity index is 284. The van der Waals surface area contributed by atoms with Crippen molar-refractivity contribution in [2.75, 3.05) is 0 Å². The standard InChI is InChI=1S/C11H17ClO2/c1-6(2)14-10-7(11(3,4)5)9(13)8(10)12/h6,8H,1-5H3. The molecule has 1 atom stereocenters. The second-order valence-corrected chi connectivity index (χ2v) is 5.32. The summed E-state index contributed by atoms with van der Waals surface area (Å²) in [6.45, 7) is 9.84. The van der Waals surface area contributed by atoms with Gasteiger partial charge >= 0.3 is 0 Å². The molecule has 0 aromatic rings. The molecule has 2 nitrogen and oxygen atoms in total. The van der Waals surface area contributed by atoms with Crippen LogP contribution in [0.4, 0.5) is 0 Å². The fraction of sp³-hybridized carbons (Fsp3) is 0.727. The molecular formula is C11H17ClO2. The molecule has 0 heterocycles. The number of hydrogen-bond acceptors (Lipinski definition) is 2. The lowest BCUT2D eigenvalue weighted by Gasteiger charge is -2.35. The Hall–Kier alpha value is -0.500. The molecule has 1 aliphatic rings. The van der Waals surface area contributed by atoms with Crippen molar-refractivity contribution >= 4 is 17.4 Å². The number of ketones is 1. The van der Waals surface area contributed by atoms with E-state index in [9.17, 15) is 4.79 Å². The van der Waals surface area contributed by atoms with Gasteiger partial charge in [-0.1, -0.05) is 20.8 Å². The van der Waals surface area contributed by atoms with Gasteiger partial charge in [0.1, 0.15) is 5.76 Å². The molecule has 0 amide bonds. The summed E-state index contributed by atoms with van der Waals surface area (Å²) in [4.78, 5) is 11.5. The van der Waals surface area contributed by atoms with Crippen molar-refractivity contribution in [3.8, 4) is 0 Å². The van der Waals surface area contributed by atoms with E-state index in [2.05, 4.69) is 0 Å². The number of allylic oxidation sites excluding steroid dienone is 2. The van der Waals surface area contributed by atoms with E-state index in [-0.39, 0.29) is 17.3 Å². The van der Waals surface area contributed by atoms with Gasteiger partial charge in [0, 0.05) is 5.57 Å². The van der Waals surface area contributed by atoms with Gasteiger partial charge in [0.2, 0.25) is 0 Å².